The third kappa shape index (κ3) is 2.40. The van der Waals surface area contributed by atoms with Crippen LogP contribution in [0.4, 0.5) is 0 Å². The lowest BCUT2D eigenvalue weighted by atomic mass is 9.92. The highest BCUT2D eigenvalue weighted by atomic mass is 16.5. The van der Waals surface area contributed by atoms with Crippen LogP contribution in [0.3, 0.4) is 0 Å². The number of rotatable bonds is 6. The summed E-state index contributed by atoms with van der Waals surface area (Å²) in [7, 11) is 1.48. The number of hydrogen-bond donors (Lipinski definition) is 1. The van der Waals surface area contributed by atoms with Crippen LogP contribution in [-0.4, -0.2) is 25.7 Å². The number of carbonyl (C=O) groups excluding carboxylic acids is 1. The van der Waals surface area contributed by atoms with Gasteiger partial charge >= 0.3 is 5.97 Å². The average molecular weight is 225 g/mol. The molecular formula is C13H23NO2. The Morgan fingerprint density at radius 1 is 1.44 bits per heavy atom. The highest BCUT2D eigenvalue weighted by molar-refractivity contribution is 5.76. The SMILES string of the molecule is COC(=O)C(NCC1(C(C)C)CC1)C1CC1. The van der Waals surface area contributed by atoms with Crippen molar-refractivity contribution in [1.29, 1.82) is 0 Å². The number of carbonyl (C=O) groups is 1. The number of esters is 1. The van der Waals surface area contributed by atoms with Gasteiger partial charge in [-0.05, 0) is 42.9 Å². The smallest absolute Gasteiger partial charge is 0.323 e. The van der Waals surface area contributed by atoms with Gasteiger partial charge in [-0.2, -0.15) is 0 Å². The molecule has 0 aliphatic heterocycles. The van der Waals surface area contributed by atoms with Gasteiger partial charge < -0.3 is 10.1 Å². The van der Waals surface area contributed by atoms with Crippen molar-refractivity contribution in [2.75, 3.05) is 13.7 Å². The first kappa shape index (κ1) is 11.9. The molecule has 3 heteroatoms. The Morgan fingerprint density at radius 2 is 2.06 bits per heavy atom. The van der Waals surface area contributed by atoms with Gasteiger partial charge in [0.05, 0.1) is 7.11 Å². The Hall–Kier alpha value is -0.570. The standard InChI is InChI=1S/C13H23NO2/c1-9(2)13(6-7-13)8-14-11(10-4-5-10)12(15)16-3/h9-11,14H,4-8H2,1-3H3. The van der Waals surface area contributed by atoms with Gasteiger partial charge in [0.25, 0.3) is 0 Å². The fourth-order valence-electron chi connectivity index (χ4n) is 2.43. The molecule has 2 aliphatic rings. The largest absolute Gasteiger partial charge is 0.468 e. The molecule has 2 rings (SSSR count). The van der Waals surface area contributed by atoms with Crippen molar-refractivity contribution in [2.45, 2.75) is 45.6 Å². The monoisotopic (exact) mass is 225 g/mol. The molecule has 3 nitrogen and oxygen atoms in total. The van der Waals surface area contributed by atoms with Crippen molar-refractivity contribution in [3.05, 3.63) is 0 Å². The normalized spacial score (nSPS) is 24.2. The summed E-state index contributed by atoms with van der Waals surface area (Å²) in [6, 6.07) is -0.0544. The molecule has 0 amide bonds. The Morgan fingerprint density at radius 3 is 2.44 bits per heavy atom. The molecule has 0 bridgehead atoms. The molecule has 2 fully saturated rings. The van der Waals surface area contributed by atoms with Crippen LogP contribution >= 0.6 is 0 Å². The molecule has 0 aromatic rings. The fraction of sp³-hybridized carbons (Fsp3) is 0.923. The predicted octanol–water partition coefficient (Wildman–Crippen LogP) is 1.96. The summed E-state index contributed by atoms with van der Waals surface area (Å²) >= 11 is 0. The molecule has 0 heterocycles. The topological polar surface area (TPSA) is 38.3 Å². The maximum absolute atomic E-state index is 11.6. The number of ether oxygens (including phenoxy) is 1. The molecule has 16 heavy (non-hydrogen) atoms. The summed E-state index contributed by atoms with van der Waals surface area (Å²) < 4.78 is 4.86. The molecule has 1 atom stereocenters. The minimum Gasteiger partial charge on any atom is -0.468 e. The van der Waals surface area contributed by atoms with Gasteiger partial charge in [-0.25, -0.2) is 0 Å². The summed E-state index contributed by atoms with van der Waals surface area (Å²) in [5, 5.41) is 3.44. The van der Waals surface area contributed by atoms with E-state index in [1.54, 1.807) is 0 Å². The highest BCUT2D eigenvalue weighted by Gasteiger charge is 2.46. The number of methoxy groups -OCH3 is 1. The lowest BCUT2D eigenvalue weighted by Crippen LogP contribution is -2.43. The zero-order valence-electron chi connectivity index (χ0n) is 10.6. The lowest BCUT2D eigenvalue weighted by molar-refractivity contribution is -0.143. The first-order chi connectivity index (χ1) is 7.59. The van der Waals surface area contributed by atoms with E-state index < -0.39 is 0 Å². The Kier molecular flexibility index (Phi) is 3.24. The van der Waals surface area contributed by atoms with Crippen molar-refractivity contribution in [2.24, 2.45) is 17.3 Å². The third-order valence-corrected chi connectivity index (χ3v) is 4.34. The summed E-state index contributed by atoms with van der Waals surface area (Å²) in [4.78, 5) is 11.6. The zero-order valence-corrected chi connectivity index (χ0v) is 10.6. The predicted molar refractivity (Wildman–Crippen MR) is 63.0 cm³/mol. The van der Waals surface area contributed by atoms with Crippen LogP contribution in [0.15, 0.2) is 0 Å². The number of hydrogen-bond acceptors (Lipinski definition) is 3. The molecule has 0 aromatic heterocycles. The highest BCUT2D eigenvalue weighted by Crippen LogP contribution is 2.51. The van der Waals surface area contributed by atoms with E-state index in [0.29, 0.717) is 17.3 Å². The minimum atomic E-state index is -0.0814. The molecule has 0 radical (unpaired) electrons. The maximum atomic E-state index is 11.6. The van der Waals surface area contributed by atoms with Crippen LogP contribution in [-0.2, 0) is 9.53 Å². The molecule has 2 saturated carbocycles. The van der Waals surface area contributed by atoms with Gasteiger partial charge in [-0.3, -0.25) is 4.79 Å². The van der Waals surface area contributed by atoms with E-state index in [1.165, 1.54) is 32.8 Å². The Balaban J connectivity index is 1.85. The first-order valence-corrected chi connectivity index (χ1v) is 6.40. The van der Waals surface area contributed by atoms with E-state index in [4.69, 9.17) is 4.74 Å². The third-order valence-electron chi connectivity index (χ3n) is 4.34. The Bertz CT molecular complexity index is 267. The molecule has 2 aliphatic carbocycles. The quantitative estimate of drug-likeness (QED) is 0.702. The summed E-state index contributed by atoms with van der Waals surface area (Å²) in [5.74, 6) is 1.15. The Labute approximate surface area is 97.9 Å². The second-order valence-corrected chi connectivity index (χ2v) is 5.74. The molecule has 0 aromatic carbocycles. The van der Waals surface area contributed by atoms with E-state index in [-0.39, 0.29) is 12.0 Å². The minimum absolute atomic E-state index is 0.0544. The van der Waals surface area contributed by atoms with Gasteiger partial charge in [0.15, 0.2) is 0 Å². The van der Waals surface area contributed by atoms with Crippen LogP contribution in [0.25, 0.3) is 0 Å². The van der Waals surface area contributed by atoms with Crippen LogP contribution < -0.4 is 5.32 Å². The van der Waals surface area contributed by atoms with E-state index in [0.717, 1.165) is 6.54 Å². The van der Waals surface area contributed by atoms with Crippen molar-refractivity contribution in [3.8, 4) is 0 Å². The lowest BCUT2D eigenvalue weighted by Gasteiger charge is -2.23. The van der Waals surface area contributed by atoms with Crippen molar-refractivity contribution < 1.29 is 9.53 Å². The van der Waals surface area contributed by atoms with Gasteiger partial charge in [0.1, 0.15) is 6.04 Å². The molecule has 0 spiro atoms. The summed E-state index contributed by atoms with van der Waals surface area (Å²) in [6.07, 6.45) is 4.94. The summed E-state index contributed by atoms with van der Waals surface area (Å²) in [5.41, 5.74) is 0.459. The van der Waals surface area contributed by atoms with E-state index in [2.05, 4.69) is 19.2 Å². The average Bonchev–Trinajstić information content (AvgIpc) is 3.11. The fourth-order valence-corrected chi connectivity index (χ4v) is 2.43. The summed E-state index contributed by atoms with van der Waals surface area (Å²) in [6.45, 7) is 5.53. The van der Waals surface area contributed by atoms with Gasteiger partial charge in [-0.15, -0.1) is 0 Å². The molecular weight excluding hydrogens is 202 g/mol. The number of nitrogens with one attached hydrogen (secondary N) is 1. The van der Waals surface area contributed by atoms with Crippen molar-refractivity contribution in [1.82, 2.24) is 5.32 Å². The maximum Gasteiger partial charge on any atom is 0.323 e. The van der Waals surface area contributed by atoms with Crippen molar-refractivity contribution >= 4 is 5.97 Å². The molecule has 92 valence electrons. The van der Waals surface area contributed by atoms with Crippen LogP contribution in [0.5, 0.6) is 0 Å². The van der Waals surface area contributed by atoms with Crippen LogP contribution in [0, 0.1) is 17.3 Å². The van der Waals surface area contributed by atoms with E-state index in [1.807, 2.05) is 0 Å². The van der Waals surface area contributed by atoms with E-state index in [9.17, 15) is 4.79 Å². The molecule has 0 saturated heterocycles. The van der Waals surface area contributed by atoms with Crippen molar-refractivity contribution in [3.63, 3.8) is 0 Å². The first-order valence-electron chi connectivity index (χ1n) is 6.40. The molecule has 1 N–H and O–H groups in total. The van der Waals surface area contributed by atoms with Crippen LogP contribution in [0.2, 0.25) is 0 Å². The van der Waals surface area contributed by atoms with Gasteiger partial charge in [0, 0.05) is 6.54 Å². The second kappa shape index (κ2) is 4.36. The molecule has 1 unspecified atom stereocenters. The zero-order chi connectivity index (χ0) is 11.8. The van der Waals surface area contributed by atoms with E-state index >= 15 is 0 Å². The van der Waals surface area contributed by atoms with Gasteiger partial charge in [0.2, 0.25) is 0 Å². The van der Waals surface area contributed by atoms with Gasteiger partial charge in [-0.1, -0.05) is 13.8 Å². The van der Waals surface area contributed by atoms with Crippen LogP contribution in [0.1, 0.15) is 39.5 Å². The second-order valence-electron chi connectivity index (χ2n) is 5.74.